The molecule has 1 fully saturated rings. The van der Waals surface area contributed by atoms with E-state index in [2.05, 4.69) is 15.1 Å². The standard InChI is InChI=1S/C14H17N3O3/c1-19-11-5-4-10(9-15-11)13-16-12(20-17-13)8-14(18)6-2-3-7-14/h4-5,9,18H,2-3,6-8H2,1H3. The number of aliphatic hydroxyl groups is 1. The molecule has 6 nitrogen and oxygen atoms in total. The molecular weight excluding hydrogens is 258 g/mol. The van der Waals surface area contributed by atoms with Crippen molar-refractivity contribution in [1.29, 1.82) is 0 Å². The molecule has 0 amide bonds. The summed E-state index contributed by atoms with van der Waals surface area (Å²) in [5.74, 6) is 1.50. The van der Waals surface area contributed by atoms with Gasteiger partial charge in [-0.2, -0.15) is 4.98 Å². The first-order valence-corrected chi connectivity index (χ1v) is 6.74. The molecule has 2 heterocycles. The molecule has 3 rings (SSSR count). The molecule has 6 heteroatoms. The number of ether oxygens (including phenoxy) is 1. The van der Waals surface area contributed by atoms with Crippen molar-refractivity contribution in [3.8, 4) is 17.3 Å². The van der Waals surface area contributed by atoms with E-state index in [0.29, 0.717) is 24.0 Å². The summed E-state index contributed by atoms with van der Waals surface area (Å²) in [6, 6.07) is 3.57. The average Bonchev–Trinajstić information content (AvgIpc) is 3.09. The van der Waals surface area contributed by atoms with Crippen molar-refractivity contribution in [2.45, 2.75) is 37.7 Å². The third kappa shape index (κ3) is 2.65. The molecule has 2 aromatic heterocycles. The molecule has 0 unspecified atom stereocenters. The Kier molecular flexibility index (Phi) is 3.40. The Balaban J connectivity index is 1.75. The summed E-state index contributed by atoms with van der Waals surface area (Å²) < 4.78 is 10.2. The van der Waals surface area contributed by atoms with Crippen molar-refractivity contribution in [2.24, 2.45) is 0 Å². The van der Waals surface area contributed by atoms with Gasteiger partial charge in [0.15, 0.2) is 0 Å². The maximum absolute atomic E-state index is 10.3. The van der Waals surface area contributed by atoms with Crippen molar-refractivity contribution >= 4 is 0 Å². The molecule has 0 radical (unpaired) electrons. The van der Waals surface area contributed by atoms with Gasteiger partial charge in [-0.1, -0.05) is 18.0 Å². The number of hydrogen-bond acceptors (Lipinski definition) is 6. The number of aromatic nitrogens is 3. The Morgan fingerprint density at radius 1 is 1.35 bits per heavy atom. The van der Waals surface area contributed by atoms with E-state index in [9.17, 15) is 5.11 Å². The second-order valence-corrected chi connectivity index (χ2v) is 5.21. The zero-order valence-corrected chi connectivity index (χ0v) is 11.4. The van der Waals surface area contributed by atoms with Crippen LogP contribution in [0.1, 0.15) is 31.6 Å². The smallest absolute Gasteiger partial charge is 0.229 e. The maximum atomic E-state index is 10.3. The molecule has 1 N–H and O–H groups in total. The minimum atomic E-state index is -0.679. The largest absolute Gasteiger partial charge is 0.481 e. The van der Waals surface area contributed by atoms with E-state index in [1.165, 1.54) is 0 Å². The van der Waals surface area contributed by atoms with Crippen LogP contribution in [-0.2, 0) is 6.42 Å². The first kappa shape index (κ1) is 13.1. The molecule has 1 aliphatic carbocycles. The predicted octanol–water partition coefficient (Wildman–Crippen LogP) is 1.99. The van der Waals surface area contributed by atoms with E-state index in [1.54, 1.807) is 19.4 Å². The Morgan fingerprint density at radius 2 is 2.15 bits per heavy atom. The zero-order chi connectivity index (χ0) is 14.0. The fourth-order valence-electron chi connectivity index (χ4n) is 2.57. The fraction of sp³-hybridized carbons (Fsp3) is 0.500. The van der Waals surface area contributed by atoms with Crippen molar-refractivity contribution in [3.63, 3.8) is 0 Å². The van der Waals surface area contributed by atoms with Crippen LogP contribution in [0.5, 0.6) is 5.88 Å². The summed E-state index contributed by atoms with van der Waals surface area (Å²) in [4.78, 5) is 8.43. The van der Waals surface area contributed by atoms with Gasteiger partial charge in [0.1, 0.15) is 0 Å². The van der Waals surface area contributed by atoms with Crippen molar-refractivity contribution < 1.29 is 14.4 Å². The second kappa shape index (κ2) is 5.20. The maximum Gasteiger partial charge on any atom is 0.229 e. The van der Waals surface area contributed by atoms with Crippen LogP contribution >= 0.6 is 0 Å². The Hall–Kier alpha value is -1.95. The molecule has 0 bridgehead atoms. The Labute approximate surface area is 116 Å². The van der Waals surface area contributed by atoms with Gasteiger partial charge in [-0.15, -0.1) is 0 Å². The van der Waals surface area contributed by atoms with Gasteiger partial charge in [0.2, 0.25) is 17.6 Å². The van der Waals surface area contributed by atoms with Crippen LogP contribution in [0, 0.1) is 0 Å². The first-order valence-electron chi connectivity index (χ1n) is 6.74. The highest BCUT2D eigenvalue weighted by Crippen LogP contribution is 2.32. The molecule has 0 atom stereocenters. The summed E-state index contributed by atoms with van der Waals surface area (Å²) in [7, 11) is 1.57. The number of hydrogen-bond donors (Lipinski definition) is 1. The van der Waals surface area contributed by atoms with Crippen LogP contribution < -0.4 is 4.74 Å². The molecule has 0 saturated heterocycles. The van der Waals surface area contributed by atoms with Crippen LogP contribution in [0.25, 0.3) is 11.4 Å². The van der Waals surface area contributed by atoms with Gasteiger partial charge in [-0.3, -0.25) is 0 Å². The lowest BCUT2D eigenvalue weighted by Crippen LogP contribution is -2.27. The third-order valence-corrected chi connectivity index (χ3v) is 3.69. The van der Waals surface area contributed by atoms with Gasteiger partial charge in [0, 0.05) is 17.8 Å². The van der Waals surface area contributed by atoms with Crippen LogP contribution in [0.3, 0.4) is 0 Å². The topological polar surface area (TPSA) is 81.3 Å². The zero-order valence-electron chi connectivity index (χ0n) is 11.4. The van der Waals surface area contributed by atoms with Gasteiger partial charge in [0.25, 0.3) is 0 Å². The highest BCUT2D eigenvalue weighted by atomic mass is 16.5. The Morgan fingerprint density at radius 3 is 2.80 bits per heavy atom. The second-order valence-electron chi connectivity index (χ2n) is 5.21. The van der Waals surface area contributed by atoms with Crippen molar-refractivity contribution in [3.05, 3.63) is 24.2 Å². The molecule has 0 aliphatic heterocycles. The van der Waals surface area contributed by atoms with E-state index in [1.807, 2.05) is 6.07 Å². The molecular formula is C14H17N3O3. The fourth-order valence-corrected chi connectivity index (χ4v) is 2.57. The number of pyridine rings is 1. The number of rotatable bonds is 4. The first-order chi connectivity index (χ1) is 9.68. The van der Waals surface area contributed by atoms with Gasteiger partial charge in [-0.25, -0.2) is 4.98 Å². The van der Waals surface area contributed by atoms with Gasteiger partial charge in [0.05, 0.1) is 19.1 Å². The van der Waals surface area contributed by atoms with Crippen molar-refractivity contribution in [2.75, 3.05) is 7.11 Å². The third-order valence-electron chi connectivity index (χ3n) is 3.69. The number of methoxy groups -OCH3 is 1. The molecule has 106 valence electrons. The summed E-state index contributed by atoms with van der Waals surface area (Å²) in [6.07, 6.45) is 5.77. The number of nitrogens with zero attached hydrogens (tertiary/aromatic N) is 3. The minimum Gasteiger partial charge on any atom is -0.481 e. The van der Waals surface area contributed by atoms with Crippen LogP contribution in [0.4, 0.5) is 0 Å². The monoisotopic (exact) mass is 275 g/mol. The lowest BCUT2D eigenvalue weighted by molar-refractivity contribution is 0.0402. The van der Waals surface area contributed by atoms with Crippen LogP contribution in [-0.4, -0.2) is 32.9 Å². The van der Waals surface area contributed by atoms with Gasteiger partial charge in [-0.05, 0) is 18.9 Å². The summed E-state index contributed by atoms with van der Waals surface area (Å²) in [5.41, 5.74) is 0.0845. The van der Waals surface area contributed by atoms with Crippen LogP contribution in [0.2, 0.25) is 0 Å². The van der Waals surface area contributed by atoms with E-state index >= 15 is 0 Å². The van der Waals surface area contributed by atoms with Crippen molar-refractivity contribution in [1.82, 2.24) is 15.1 Å². The normalized spacial score (nSPS) is 17.3. The molecule has 2 aromatic rings. The van der Waals surface area contributed by atoms with E-state index in [-0.39, 0.29) is 0 Å². The highest BCUT2D eigenvalue weighted by Gasteiger charge is 2.33. The molecule has 1 aliphatic rings. The molecule has 1 saturated carbocycles. The molecule has 0 aromatic carbocycles. The SMILES string of the molecule is COc1ccc(-c2noc(CC3(O)CCCC3)n2)cn1. The van der Waals surface area contributed by atoms with Gasteiger partial charge >= 0.3 is 0 Å². The lowest BCUT2D eigenvalue weighted by Gasteiger charge is -2.18. The highest BCUT2D eigenvalue weighted by molar-refractivity contribution is 5.53. The average molecular weight is 275 g/mol. The quantitative estimate of drug-likeness (QED) is 0.919. The van der Waals surface area contributed by atoms with Gasteiger partial charge < -0.3 is 14.4 Å². The van der Waals surface area contributed by atoms with E-state index in [4.69, 9.17) is 9.26 Å². The van der Waals surface area contributed by atoms with E-state index < -0.39 is 5.60 Å². The van der Waals surface area contributed by atoms with E-state index in [0.717, 1.165) is 31.2 Å². The minimum absolute atomic E-state index is 0.420. The van der Waals surface area contributed by atoms with Crippen LogP contribution in [0.15, 0.2) is 22.9 Å². The Bertz CT molecular complexity index is 574. The summed E-state index contributed by atoms with van der Waals surface area (Å²) in [5, 5.41) is 14.3. The molecule has 20 heavy (non-hydrogen) atoms. The summed E-state index contributed by atoms with van der Waals surface area (Å²) >= 11 is 0. The lowest BCUT2D eigenvalue weighted by atomic mass is 9.98. The predicted molar refractivity (Wildman–Crippen MR) is 71.2 cm³/mol. The summed E-state index contributed by atoms with van der Waals surface area (Å²) in [6.45, 7) is 0. The molecule has 0 spiro atoms.